The van der Waals surface area contributed by atoms with Gasteiger partial charge >= 0.3 is 14.9 Å². The fraction of sp³-hybridized carbons (Fsp3) is 0.250. The van der Waals surface area contributed by atoms with E-state index in [1.54, 1.807) is 0 Å². The number of halogens is 5. The van der Waals surface area contributed by atoms with Gasteiger partial charge in [-0.25, -0.2) is 0 Å². The third-order valence-electron chi connectivity index (χ3n) is 1.72. The van der Waals surface area contributed by atoms with Crippen molar-refractivity contribution < 1.29 is 21.4 Å². The van der Waals surface area contributed by atoms with Gasteiger partial charge in [-0.1, -0.05) is 12.1 Å². The largest absolute Gasteiger partial charge is 0.452 e. The van der Waals surface area contributed by atoms with Gasteiger partial charge in [-0.05, 0) is 18.7 Å². The summed E-state index contributed by atoms with van der Waals surface area (Å²) in [5.74, 6) is 0. The maximum Gasteiger partial charge on any atom is 0.452 e. The first-order chi connectivity index (χ1) is 6.21. The second-order valence-corrected chi connectivity index (χ2v) is 5.32. The number of benzene rings is 1. The van der Waals surface area contributed by atoms with Gasteiger partial charge in [0, 0.05) is 5.19 Å². The molecule has 0 unspecified atom stereocenters. The van der Waals surface area contributed by atoms with E-state index in [2.05, 4.69) is 0 Å². The van der Waals surface area contributed by atoms with Gasteiger partial charge in [0.1, 0.15) is 0 Å². The second-order valence-electron chi connectivity index (χ2n) is 2.96. The van der Waals surface area contributed by atoms with Crippen LogP contribution in [0.1, 0.15) is 5.56 Å². The fourth-order valence-electron chi connectivity index (χ4n) is 0.952. The first-order valence-corrected chi connectivity index (χ1v) is 6.02. The molecule has 1 rings (SSSR count). The molecule has 1 aromatic carbocycles. The molecule has 14 heavy (non-hydrogen) atoms. The van der Waals surface area contributed by atoms with Crippen molar-refractivity contribution in [1.82, 2.24) is 0 Å². The van der Waals surface area contributed by atoms with Gasteiger partial charge in [-0.15, -0.1) is 0 Å². The predicted octanol–water partition coefficient (Wildman–Crippen LogP) is 2.92. The van der Waals surface area contributed by atoms with E-state index in [1.807, 2.05) is 0 Å². The molecule has 0 heterocycles. The molecule has 0 saturated heterocycles. The summed E-state index contributed by atoms with van der Waals surface area (Å²) in [4.78, 5) is 0. The van der Waals surface area contributed by atoms with Gasteiger partial charge in [0.05, 0.1) is 5.56 Å². The first kappa shape index (κ1) is 11.2. The van der Waals surface area contributed by atoms with Crippen LogP contribution in [0, 0.1) is 0 Å². The van der Waals surface area contributed by atoms with Crippen LogP contribution in [0.3, 0.4) is 0 Å². The highest BCUT2D eigenvalue weighted by molar-refractivity contribution is 6.78. The molecule has 1 aromatic rings. The van der Waals surface area contributed by atoms with Crippen LogP contribution in [0.2, 0.25) is 6.55 Å². The summed E-state index contributed by atoms with van der Waals surface area (Å²) in [6.07, 6.45) is -4.47. The molecular weight excluding hydrogens is 219 g/mol. The van der Waals surface area contributed by atoms with Crippen LogP contribution in [0.25, 0.3) is 0 Å². The summed E-state index contributed by atoms with van der Waals surface area (Å²) in [7, 11) is -4.48. The van der Waals surface area contributed by atoms with Crippen molar-refractivity contribution in [3.8, 4) is 0 Å². The second kappa shape index (κ2) is 3.34. The van der Waals surface area contributed by atoms with Crippen LogP contribution in [0.15, 0.2) is 24.3 Å². The summed E-state index contributed by atoms with van der Waals surface area (Å²) >= 11 is 0. The zero-order valence-electron chi connectivity index (χ0n) is 7.20. The molecule has 0 bridgehead atoms. The van der Waals surface area contributed by atoms with Crippen molar-refractivity contribution in [3.63, 3.8) is 0 Å². The Balaban J connectivity index is 3.02. The van der Waals surface area contributed by atoms with E-state index in [0.29, 0.717) is 12.1 Å². The van der Waals surface area contributed by atoms with Crippen molar-refractivity contribution in [1.29, 1.82) is 0 Å². The van der Waals surface area contributed by atoms with Gasteiger partial charge in [-0.3, -0.25) is 8.22 Å². The molecule has 0 fully saturated rings. The molecule has 0 aliphatic rings. The molecule has 0 N–H and O–H groups in total. The van der Waals surface area contributed by atoms with E-state index in [0.717, 1.165) is 18.7 Å². The SMILES string of the molecule is C[Si](F)(F)c1ccc(C(F)(F)F)cc1. The van der Waals surface area contributed by atoms with Crippen molar-refractivity contribution in [2.24, 2.45) is 0 Å². The molecular formula is C8H7F5Si. The highest BCUT2D eigenvalue weighted by Crippen LogP contribution is 2.28. The van der Waals surface area contributed by atoms with Gasteiger partial charge in [0.25, 0.3) is 0 Å². The van der Waals surface area contributed by atoms with Gasteiger partial charge in [-0.2, -0.15) is 13.2 Å². The Morgan fingerprint density at radius 3 is 1.71 bits per heavy atom. The summed E-state index contributed by atoms with van der Waals surface area (Å²) in [5.41, 5.74) is -0.903. The molecule has 0 amide bonds. The van der Waals surface area contributed by atoms with Gasteiger partial charge in [0.15, 0.2) is 0 Å². The van der Waals surface area contributed by atoms with Gasteiger partial charge < -0.3 is 0 Å². The Morgan fingerprint density at radius 2 is 1.43 bits per heavy atom. The normalized spacial score (nSPS) is 13.0. The van der Waals surface area contributed by atoms with E-state index in [4.69, 9.17) is 0 Å². The maximum atomic E-state index is 12.7. The van der Waals surface area contributed by atoms with Crippen LogP contribution in [0.5, 0.6) is 0 Å². The Labute approximate surface area is 78.7 Å². The lowest BCUT2D eigenvalue weighted by Gasteiger charge is -2.09. The molecule has 0 nitrogen and oxygen atoms in total. The topological polar surface area (TPSA) is 0 Å². The van der Waals surface area contributed by atoms with Crippen LogP contribution < -0.4 is 5.19 Å². The molecule has 6 heteroatoms. The van der Waals surface area contributed by atoms with Crippen LogP contribution >= 0.6 is 0 Å². The quantitative estimate of drug-likeness (QED) is 0.392. The highest BCUT2D eigenvalue weighted by Gasteiger charge is 2.34. The smallest absolute Gasteiger partial charge is 0.265 e. The molecule has 0 aliphatic heterocycles. The molecule has 0 aliphatic carbocycles. The van der Waals surface area contributed by atoms with Crippen LogP contribution in [0.4, 0.5) is 21.4 Å². The lowest BCUT2D eigenvalue weighted by molar-refractivity contribution is -0.137. The number of hydrogen-bond acceptors (Lipinski definition) is 0. The minimum Gasteiger partial charge on any atom is -0.265 e. The molecule has 0 aromatic heterocycles. The van der Waals surface area contributed by atoms with E-state index in [9.17, 15) is 21.4 Å². The predicted molar refractivity (Wildman–Crippen MR) is 44.9 cm³/mol. The minimum absolute atomic E-state index is 0.287. The average Bonchev–Trinajstić information content (AvgIpc) is 2.01. The lowest BCUT2D eigenvalue weighted by Crippen LogP contribution is -2.35. The number of hydrogen-bond donors (Lipinski definition) is 0. The molecule has 78 valence electrons. The lowest BCUT2D eigenvalue weighted by atomic mass is 10.2. The van der Waals surface area contributed by atoms with Crippen molar-refractivity contribution in [3.05, 3.63) is 29.8 Å². The summed E-state index contributed by atoms with van der Waals surface area (Å²) in [5, 5.41) is -0.287. The van der Waals surface area contributed by atoms with E-state index in [-0.39, 0.29) is 5.19 Å². The summed E-state index contributed by atoms with van der Waals surface area (Å²) in [6.45, 7) is 0.773. The van der Waals surface area contributed by atoms with E-state index >= 15 is 0 Å². The van der Waals surface area contributed by atoms with E-state index < -0.39 is 20.5 Å². The maximum absolute atomic E-state index is 12.7. The summed E-state index contributed by atoms with van der Waals surface area (Å²) < 4.78 is 61.6. The Kier molecular flexibility index (Phi) is 2.66. The van der Waals surface area contributed by atoms with Gasteiger partial charge in [0.2, 0.25) is 0 Å². The number of rotatable bonds is 1. The fourth-order valence-corrected chi connectivity index (χ4v) is 1.70. The molecule has 0 saturated carbocycles. The number of alkyl halides is 3. The first-order valence-electron chi connectivity index (χ1n) is 3.77. The Bertz CT molecular complexity index is 275. The molecule has 0 radical (unpaired) electrons. The standard InChI is InChI=1S/C8H7F5Si/c1-14(12,13)7-4-2-6(3-5-7)8(9,10)11/h2-5H,1H3. The third-order valence-corrected chi connectivity index (χ3v) is 3.07. The van der Waals surface area contributed by atoms with Crippen LogP contribution in [-0.2, 0) is 6.18 Å². The molecule has 0 spiro atoms. The van der Waals surface area contributed by atoms with Crippen molar-refractivity contribution in [2.75, 3.05) is 0 Å². The third kappa shape index (κ3) is 2.54. The van der Waals surface area contributed by atoms with E-state index in [1.165, 1.54) is 0 Å². The van der Waals surface area contributed by atoms with Crippen molar-refractivity contribution in [2.45, 2.75) is 12.7 Å². The zero-order valence-corrected chi connectivity index (χ0v) is 8.20. The van der Waals surface area contributed by atoms with Crippen molar-refractivity contribution >= 4 is 13.9 Å². The highest BCUT2D eigenvalue weighted by atomic mass is 28.4. The average molecular weight is 226 g/mol. The molecule has 0 atom stereocenters. The van der Waals surface area contributed by atoms with Crippen LogP contribution in [-0.4, -0.2) is 8.74 Å². The monoisotopic (exact) mass is 226 g/mol. The zero-order chi connectivity index (χ0) is 11.0. The minimum atomic E-state index is -4.48. The Morgan fingerprint density at radius 1 is 1.00 bits per heavy atom. The Hall–Kier alpha value is -0.913. The summed E-state index contributed by atoms with van der Waals surface area (Å²) in [6, 6.07) is 3.05.